The monoisotopic (exact) mass is 196 g/mol. The van der Waals surface area contributed by atoms with E-state index in [0.29, 0.717) is 22.6 Å². The number of aliphatic imine (C=N–C) groups is 1. The van der Waals surface area contributed by atoms with Gasteiger partial charge in [0.2, 0.25) is 0 Å². The summed E-state index contributed by atoms with van der Waals surface area (Å²) in [5, 5.41) is 7.89. The number of nitrogens with one attached hydrogen (secondary N) is 2. The third-order valence-electron chi connectivity index (χ3n) is 1.40. The maximum atomic E-state index is 10.5. The normalized spacial score (nSPS) is 10.5. The number of amidine groups is 1. The highest BCUT2D eigenvalue weighted by atomic mass is 32.1. The van der Waals surface area contributed by atoms with Crippen LogP contribution in [0.25, 0.3) is 0 Å². The number of aldehydes is 1. The van der Waals surface area contributed by atoms with Crippen LogP contribution in [0.3, 0.4) is 0 Å². The van der Waals surface area contributed by atoms with Crippen molar-refractivity contribution in [1.82, 2.24) is 4.98 Å². The summed E-state index contributed by atoms with van der Waals surface area (Å²) in [5.41, 5.74) is 5.68. The van der Waals surface area contributed by atoms with Crippen LogP contribution in [0.15, 0.2) is 16.1 Å². The van der Waals surface area contributed by atoms with Crippen LogP contribution < -0.4 is 5.73 Å². The number of nitrogens with two attached hydrogens (primary N) is 1. The lowest BCUT2D eigenvalue weighted by molar-refractivity contribution is 0.112. The first kappa shape index (κ1) is 9.53. The van der Waals surface area contributed by atoms with E-state index in [-0.39, 0.29) is 5.84 Å². The number of carbonyl (C=O) groups excluding carboxylic acids is 1. The standard InChI is InChI=1S/C7H8N4OS/c8-3-10-7(9)6-4(2-12)1-5(13)11-6/h1-3,11,13H,(H3,8,9,10). The maximum Gasteiger partial charge on any atom is 0.170 e. The predicted molar refractivity (Wildman–Crippen MR) is 52.9 cm³/mol. The van der Waals surface area contributed by atoms with Gasteiger partial charge < -0.3 is 10.7 Å². The molecule has 0 bridgehead atoms. The fourth-order valence-corrected chi connectivity index (χ4v) is 1.13. The summed E-state index contributed by atoms with van der Waals surface area (Å²) in [5.74, 6) is -0.0927. The van der Waals surface area contributed by atoms with Crippen molar-refractivity contribution >= 4 is 31.1 Å². The van der Waals surface area contributed by atoms with Gasteiger partial charge >= 0.3 is 0 Å². The Labute approximate surface area is 80.0 Å². The minimum Gasteiger partial charge on any atom is -0.390 e. The second-order valence-corrected chi connectivity index (χ2v) is 2.71. The number of aromatic amines is 1. The zero-order chi connectivity index (χ0) is 9.84. The highest BCUT2D eigenvalue weighted by Crippen LogP contribution is 2.12. The summed E-state index contributed by atoms with van der Waals surface area (Å²) in [4.78, 5) is 16.8. The molecule has 0 unspecified atom stereocenters. The van der Waals surface area contributed by atoms with Gasteiger partial charge in [-0.15, -0.1) is 12.6 Å². The quantitative estimate of drug-likeness (QED) is 0.239. The zero-order valence-electron chi connectivity index (χ0n) is 6.61. The molecular weight excluding hydrogens is 188 g/mol. The summed E-state index contributed by atoms with van der Waals surface area (Å²) in [7, 11) is 0. The lowest BCUT2D eigenvalue weighted by Crippen LogP contribution is -2.02. The smallest absolute Gasteiger partial charge is 0.170 e. The van der Waals surface area contributed by atoms with Crippen LogP contribution in [-0.2, 0) is 0 Å². The number of carbonyl (C=O) groups is 1. The summed E-state index contributed by atoms with van der Waals surface area (Å²) in [6.07, 6.45) is 1.63. The molecule has 4 N–H and O–H groups in total. The van der Waals surface area contributed by atoms with E-state index in [2.05, 4.69) is 22.6 Å². The van der Waals surface area contributed by atoms with Gasteiger partial charge in [0, 0.05) is 5.56 Å². The van der Waals surface area contributed by atoms with Crippen molar-refractivity contribution in [3.63, 3.8) is 0 Å². The number of thiol groups is 1. The predicted octanol–water partition coefficient (Wildman–Crippen LogP) is 0.428. The molecule has 0 spiro atoms. The van der Waals surface area contributed by atoms with E-state index in [1.165, 1.54) is 6.07 Å². The van der Waals surface area contributed by atoms with Crippen molar-refractivity contribution in [3.05, 3.63) is 17.3 Å². The molecule has 0 aliphatic rings. The molecule has 6 heteroatoms. The van der Waals surface area contributed by atoms with Gasteiger partial charge in [0.1, 0.15) is 0 Å². The molecule has 0 amide bonds. The molecule has 1 rings (SSSR count). The van der Waals surface area contributed by atoms with Gasteiger partial charge in [0.15, 0.2) is 12.1 Å². The first-order valence-electron chi connectivity index (χ1n) is 3.39. The van der Waals surface area contributed by atoms with Crippen molar-refractivity contribution in [2.75, 3.05) is 0 Å². The number of aromatic nitrogens is 1. The van der Waals surface area contributed by atoms with E-state index in [1.54, 1.807) is 0 Å². The van der Waals surface area contributed by atoms with E-state index < -0.39 is 0 Å². The van der Waals surface area contributed by atoms with E-state index in [9.17, 15) is 4.79 Å². The molecule has 0 aliphatic carbocycles. The van der Waals surface area contributed by atoms with Crippen LogP contribution >= 0.6 is 12.6 Å². The SMILES string of the molecule is N=C(N=CN)c1[nH]c(S)cc1C=O. The van der Waals surface area contributed by atoms with Gasteiger partial charge in [-0.25, -0.2) is 4.99 Å². The summed E-state index contributed by atoms with van der Waals surface area (Å²) in [6.45, 7) is 0. The molecule has 0 radical (unpaired) electrons. The Kier molecular flexibility index (Phi) is 2.86. The molecule has 0 aliphatic heterocycles. The maximum absolute atomic E-state index is 10.5. The van der Waals surface area contributed by atoms with Crippen LogP contribution in [0.5, 0.6) is 0 Å². The Hall–Kier alpha value is -1.56. The van der Waals surface area contributed by atoms with Gasteiger partial charge in [0.25, 0.3) is 0 Å². The molecule has 1 heterocycles. The Balaban J connectivity index is 3.12. The van der Waals surface area contributed by atoms with E-state index in [1.807, 2.05) is 0 Å². The van der Waals surface area contributed by atoms with E-state index in [0.717, 1.165) is 6.34 Å². The van der Waals surface area contributed by atoms with Gasteiger partial charge in [-0.1, -0.05) is 0 Å². The minimum atomic E-state index is -0.0927. The second kappa shape index (κ2) is 3.90. The first-order chi connectivity index (χ1) is 6.19. The number of H-pyrrole nitrogens is 1. The average molecular weight is 196 g/mol. The third kappa shape index (κ3) is 1.97. The molecule has 0 saturated carbocycles. The molecule has 0 fully saturated rings. The lowest BCUT2D eigenvalue weighted by Gasteiger charge is -1.93. The molecule has 0 atom stereocenters. The summed E-state index contributed by atoms with van der Waals surface area (Å²) in [6, 6.07) is 1.52. The first-order valence-corrected chi connectivity index (χ1v) is 3.84. The third-order valence-corrected chi connectivity index (χ3v) is 1.64. The average Bonchev–Trinajstić information content (AvgIpc) is 2.47. The van der Waals surface area contributed by atoms with Crippen LogP contribution in [0, 0.1) is 5.41 Å². The van der Waals surface area contributed by atoms with Crippen LogP contribution in [-0.4, -0.2) is 23.4 Å². The number of hydrogen-bond acceptors (Lipinski definition) is 3. The summed E-state index contributed by atoms with van der Waals surface area (Å²) < 4.78 is 0. The minimum absolute atomic E-state index is 0.0927. The fourth-order valence-electron chi connectivity index (χ4n) is 0.884. The van der Waals surface area contributed by atoms with E-state index in [4.69, 9.17) is 11.1 Å². The molecule has 13 heavy (non-hydrogen) atoms. The molecule has 0 saturated heterocycles. The highest BCUT2D eigenvalue weighted by Gasteiger charge is 2.09. The largest absolute Gasteiger partial charge is 0.390 e. The van der Waals surface area contributed by atoms with Crippen molar-refractivity contribution in [3.8, 4) is 0 Å². The fraction of sp³-hybridized carbons (Fsp3) is 0. The highest BCUT2D eigenvalue weighted by molar-refractivity contribution is 7.80. The van der Waals surface area contributed by atoms with Gasteiger partial charge in [-0.3, -0.25) is 10.2 Å². The second-order valence-electron chi connectivity index (χ2n) is 2.23. The van der Waals surface area contributed by atoms with Crippen molar-refractivity contribution in [2.45, 2.75) is 5.03 Å². The van der Waals surface area contributed by atoms with Gasteiger partial charge in [-0.05, 0) is 6.07 Å². The molecule has 0 aromatic carbocycles. The Morgan fingerprint density at radius 3 is 3.00 bits per heavy atom. The van der Waals surface area contributed by atoms with Crippen LogP contribution in [0.2, 0.25) is 0 Å². The molecule has 68 valence electrons. The summed E-state index contributed by atoms with van der Waals surface area (Å²) >= 11 is 4.00. The molecule has 5 nitrogen and oxygen atoms in total. The molecular formula is C7H8N4OS. The van der Waals surface area contributed by atoms with Crippen LogP contribution in [0.1, 0.15) is 16.1 Å². The number of hydrogen-bond donors (Lipinski definition) is 4. The van der Waals surface area contributed by atoms with Crippen molar-refractivity contribution in [2.24, 2.45) is 10.7 Å². The lowest BCUT2D eigenvalue weighted by atomic mass is 10.2. The number of rotatable bonds is 2. The van der Waals surface area contributed by atoms with E-state index >= 15 is 0 Å². The van der Waals surface area contributed by atoms with Crippen molar-refractivity contribution in [1.29, 1.82) is 5.41 Å². The number of nitrogens with zero attached hydrogens (tertiary/aromatic N) is 1. The van der Waals surface area contributed by atoms with Crippen molar-refractivity contribution < 1.29 is 4.79 Å². The topological polar surface area (TPSA) is 95.1 Å². The van der Waals surface area contributed by atoms with Gasteiger partial charge in [-0.2, -0.15) is 0 Å². The Morgan fingerprint density at radius 2 is 2.46 bits per heavy atom. The Morgan fingerprint density at radius 1 is 1.77 bits per heavy atom. The molecule has 1 aromatic rings. The van der Waals surface area contributed by atoms with Gasteiger partial charge in [0.05, 0.1) is 17.1 Å². The Bertz CT molecular complexity index is 369. The van der Waals surface area contributed by atoms with Crippen LogP contribution in [0.4, 0.5) is 0 Å². The molecule has 1 aromatic heterocycles. The zero-order valence-corrected chi connectivity index (χ0v) is 7.51.